The van der Waals surface area contributed by atoms with Gasteiger partial charge in [0.2, 0.25) is 5.88 Å². The first-order valence-electron chi connectivity index (χ1n) is 8.72. The summed E-state index contributed by atoms with van der Waals surface area (Å²) < 4.78 is 11.5. The number of nitrogens with zero attached hydrogens (tertiary/aromatic N) is 2. The molecule has 5 nitrogen and oxygen atoms in total. The summed E-state index contributed by atoms with van der Waals surface area (Å²) in [5.74, 6) is 2.94. The van der Waals surface area contributed by atoms with Gasteiger partial charge in [0.1, 0.15) is 17.4 Å². The molecule has 136 valence electrons. The third kappa shape index (κ3) is 4.69. The number of nitrogens with one attached hydrogen (secondary N) is 1. The van der Waals surface area contributed by atoms with E-state index in [1.807, 2.05) is 13.8 Å². The number of hydrogen-bond donors (Lipinski definition) is 1. The minimum absolute atomic E-state index is 0.202. The van der Waals surface area contributed by atoms with Crippen molar-refractivity contribution < 1.29 is 9.47 Å². The Kier molecular flexibility index (Phi) is 6.37. The topological polar surface area (TPSA) is 56.3 Å². The molecule has 25 heavy (non-hydrogen) atoms. The lowest BCUT2D eigenvalue weighted by molar-refractivity contribution is 0.184. The SMILES string of the molecule is CCC(COC)Nc1nc(C)nc(Oc2c(C)cc(C)cc2C)c1C. The lowest BCUT2D eigenvalue weighted by Crippen LogP contribution is -2.25. The van der Waals surface area contributed by atoms with Crippen molar-refractivity contribution in [1.29, 1.82) is 0 Å². The summed E-state index contributed by atoms with van der Waals surface area (Å²) in [6, 6.07) is 4.45. The summed E-state index contributed by atoms with van der Waals surface area (Å²) >= 11 is 0. The van der Waals surface area contributed by atoms with Crippen LogP contribution in [0.3, 0.4) is 0 Å². The third-order valence-corrected chi connectivity index (χ3v) is 4.22. The summed E-state index contributed by atoms with van der Waals surface area (Å²) in [7, 11) is 1.71. The average Bonchev–Trinajstić information content (AvgIpc) is 2.54. The fourth-order valence-electron chi connectivity index (χ4n) is 2.92. The Morgan fingerprint density at radius 1 is 1.04 bits per heavy atom. The van der Waals surface area contributed by atoms with Crippen LogP contribution in [-0.2, 0) is 4.74 Å². The maximum Gasteiger partial charge on any atom is 0.227 e. The van der Waals surface area contributed by atoms with Crippen molar-refractivity contribution in [3.05, 3.63) is 40.2 Å². The van der Waals surface area contributed by atoms with Crippen molar-refractivity contribution in [2.45, 2.75) is 54.0 Å². The van der Waals surface area contributed by atoms with Gasteiger partial charge in [-0.1, -0.05) is 24.6 Å². The Morgan fingerprint density at radius 2 is 1.68 bits per heavy atom. The molecule has 1 aromatic carbocycles. The Morgan fingerprint density at radius 3 is 2.24 bits per heavy atom. The van der Waals surface area contributed by atoms with Gasteiger partial charge >= 0.3 is 0 Å². The molecular weight excluding hydrogens is 314 g/mol. The Hall–Kier alpha value is -2.14. The highest BCUT2D eigenvalue weighted by atomic mass is 16.5. The quantitative estimate of drug-likeness (QED) is 0.793. The van der Waals surface area contributed by atoms with Gasteiger partial charge < -0.3 is 14.8 Å². The predicted molar refractivity (Wildman–Crippen MR) is 102 cm³/mol. The highest BCUT2D eigenvalue weighted by Gasteiger charge is 2.16. The minimum Gasteiger partial charge on any atom is -0.438 e. The number of rotatable bonds is 7. The first-order valence-corrected chi connectivity index (χ1v) is 8.72. The molecule has 0 aliphatic carbocycles. The molecule has 2 rings (SSSR count). The van der Waals surface area contributed by atoms with E-state index >= 15 is 0 Å². The van der Waals surface area contributed by atoms with Gasteiger partial charge in [0.25, 0.3) is 0 Å². The van der Waals surface area contributed by atoms with Gasteiger partial charge in [0, 0.05) is 7.11 Å². The highest BCUT2D eigenvalue weighted by molar-refractivity contribution is 5.52. The number of anilines is 1. The molecule has 0 spiro atoms. The van der Waals surface area contributed by atoms with Gasteiger partial charge in [-0.15, -0.1) is 0 Å². The number of methoxy groups -OCH3 is 1. The molecule has 0 aliphatic heterocycles. The second-order valence-corrected chi connectivity index (χ2v) is 6.58. The predicted octanol–water partition coefficient (Wildman–Crippen LogP) is 4.65. The number of ether oxygens (including phenoxy) is 2. The molecule has 5 heteroatoms. The molecule has 2 aromatic rings. The molecule has 0 fully saturated rings. The van der Waals surface area contributed by atoms with Gasteiger partial charge in [0.05, 0.1) is 18.2 Å². The van der Waals surface area contributed by atoms with Crippen LogP contribution in [0.25, 0.3) is 0 Å². The van der Waals surface area contributed by atoms with E-state index in [0.717, 1.165) is 34.7 Å². The van der Waals surface area contributed by atoms with E-state index in [1.54, 1.807) is 7.11 Å². The van der Waals surface area contributed by atoms with Gasteiger partial charge in [0.15, 0.2) is 0 Å². The maximum atomic E-state index is 6.20. The van der Waals surface area contributed by atoms with E-state index in [4.69, 9.17) is 9.47 Å². The largest absolute Gasteiger partial charge is 0.438 e. The van der Waals surface area contributed by atoms with Crippen molar-refractivity contribution in [1.82, 2.24) is 9.97 Å². The Balaban J connectivity index is 2.36. The zero-order valence-electron chi connectivity index (χ0n) is 16.4. The van der Waals surface area contributed by atoms with Crippen LogP contribution >= 0.6 is 0 Å². The van der Waals surface area contributed by atoms with Crippen LogP contribution in [0, 0.1) is 34.6 Å². The Labute approximate surface area is 150 Å². The van der Waals surface area contributed by atoms with Gasteiger partial charge in [-0.25, -0.2) is 4.98 Å². The third-order valence-electron chi connectivity index (χ3n) is 4.22. The fourth-order valence-corrected chi connectivity index (χ4v) is 2.92. The standard InChI is InChI=1S/C20H29N3O2/c1-8-17(11-24-7)23-19-15(5)20(22-16(6)21-19)25-18-13(3)9-12(2)10-14(18)4/h9-10,17H,8,11H2,1-7H3,(H,21,22,23). The van der Waals surface area contributed by atoms with Crippen LogP contribution in [0.1, 0.15) is 41.4 Å². The van der Waals surface area contributed by atoms with Gasteiger partial charge in [-0.05, 0) is 52.2 Å². The molecule has 0 saturated heterocycles. The smallest absolute Gasteiger partial charge is 0.227 e. The van der Waals surface area contributed by atoms with Crippen LogP contribution in [-0.4, -0.2) is 29.7 Å². The molecule has 1 atom stereocenters. The van der Waals surface area contributed by atoms with Crippen LogP contribution in [0.4, 0.5) is 5.82 Å². The van der Waals surface area contributed by atoms with E-state index < -0.39 is 0 Å². The Bertz CT molecular complexity index is 721. The molecule has 1 heterocycles. The lowest BCUT2D eigenvalue weighted by atomic mass is 10.1. The molecule has 1 N–H and O–H groups in total. The summed E-state index contributed by atoms with van der Waals surface area (Å²) in [6.07, 6.45) is 0.947. The number of aromatic nitrogens is 2. The van der Waals surface area contributed by atoms with E-state index in [-0.39, 0.29) is 6.04 Å². The zero-order valence-corrected chi connectivity index (χ0v) is 16.4. The van der Waals surface area contributed by atoms with E-state index in [2.05, 4.69) is 55.1 Å². The van der Waals surface area contributed by atoms with Crippen LogP contribution in [0.2, 0.25) is 0 Å². The zero-order chi connectivity index (χ0) is 18.6. The molecule has 0 radical (unpaired) electrons. The first-order chi connectivity index (χ1) is 11.8. The first kappa shape index (κ1) is 19.2. The second-order valence-electron chi connectivity index (χ2n) is 6.58. The van der Waals surface area contributed by atoms with E-state index in [0.29, 0.717) is 18.3 Å². The molecule has 1 unspecified atom stereocenters. The average molecular weight is 343 g/mol. The van der Waals surface area contributed by atoms with Crippen molar-refractivity contribution in [3.63, 3.8) is 0 Å². The summed E-state index contributed by atoms with van der Waals surface area (Å²) in [4.78, 5) is 9.05. The highest BCUT2D eigenvalue weighted by Crippen LogP contribution is 2.32. The van der Waals surface area contributed by atoms with Crippen LogP contribution in [0.15, 0.2) is 12.1 Å². The monoisotopic (exact) mass is 343 g/mol. The molecule has 0 saturated carbocycles. The molecule has 0 bridgehead atoms. The normalized spacial score (nSPS) is 12.1. The van der Waals surface area contributed by atoms with E-state index in [1.165, 1.54) is 5.56 Å². The van der Waals surface area contributed by atoms with Gasteiger partial charge in [-0.2, -0.15) is 4.98 Å². The molecular formula is C20H29N3O2. The number of aryl methyl sites for hydroxylation is 4. The van der Waals surface area contributed by atoms with Gasteiger partial charge in [-0.3, -0.25) is 0 Å². The molecule has 0 amide bonds. The number of hydrogen-bond acceptors (Lipinski definition) is 5. The van der Waals surface area contributed by atoms with Crippen molar-refractivity contribution in [2.75, 3.05) is 19.0 Å². The summed E-state index contributed by atoms with van der Waals surface area (Å²) in [5.41, 5.74) is 4.34. The van der Waals surface area contributed by atoms with Crippen LogP contribution in [0.5, 0.6) is 11.6 Å². The fraction of sp³-hybridized carbons (Fsp3) is 0.500. The lowest BCUT2D eigenvalue weighted by Gasteiger charge is -2.20. The van der Waals surface area contributed by atoms with E-state index in [9.17, 15) is 0 Å². The van der Waals surface area contributed by atoms with Crippen molar-refractivity contribution in [3.8, 4) is 11.6 Å². The summed E-state index contributed by atoms with van der Waals surface area (Å²) in [6.45, 7) is 12.8. The maximum absolute atomic E-state index is 6.20. The molecule has 0 aliphatic rings. The number of benzene rings is 1. The van der Waals surface area contributed by atoms with Crippen molar-refractivity contribution >= 4 is 5.82 Å². The van der Waals surface area contributed by atoms with Crippen molar-refractivity contribution in [2.24, 2.45) is 0 Å². The summed E-state index contributed by atoms with van der Waals surface area (Å²) in [5, 5.41) is 3.45. The minimum atomic E-state index is 0.202. The second kappa shape index (κ2) is 8.30. The van der Waals surface area contributed by atoms with Crippen LogP contribution < -0.4 is 10.1 Å². The molecule has 1 aromatic heterocycles.